The molecule has 40 heavy (non-hydrogen) atoms. The van der Waals surface area contributed by atoms with E-state index in [1.807, 2.05) is 29.8 Å². The number of ketones is 1. The molecule has 0 bridgehead atoms. The Hall–Kier alpha value is -4.89. The van der Waals surface area contributed by atoms with Crippen LogP contribution < -0.4 is 10.3 Å². The number of benzene rings is 2. The van der Waals surface area contributed by atoms with Crippen molar-refractivity contribution < 1.29 is 18.3 Å². The Morgan fingerprint density at radius 1 is 0.975 bits per heavy atom. The minimum atomic E-state index is -0.641. The summed E-state index contributed by atoms with van der Waals surface area (Å²) in [4.78, 5) is 27.4. The first kappa shape index (κ1) is 25.4. The maximum atomic E-state index is 15.2. The predicted octanol–water partition coefficient (Wildman–Crippen LogP) is 7.02. The Morgan fingerprint density at radius 2 is 1.80 bits per heavy atom. The van der Waals surface area contributed by atoms with Crippen LogP contribution in [0.3, 0.4) is 0 Å². The van der Waals surface area contributed by atoms with Crippen molar-refractivity contribution in [3.63, 3.8) is 0 Å². The molecule has 4 aromatic heterocycles. The molecule has 0 amide bonds. The van der Waals surface area contributed by atoms with Crippen LogP contribution >= 0.6 is 11.3 Å². The third-order valence-corrected chi connectivity index (χ3v) is 7.47. The monoisotopic (exact) mass is 553 g/mol. The average molecular weight is 554 g/mol. The molecule has 6 aromatic rings. The molecular weight excluding hydrogens is 532 g/mol. The average Bonchev–Trinajstić information content (AvgIpc) is 3.62. The van der Waals surface area contributed by atoms with Gasteiger partial charge in [0, 0.05) is 41.0 Å². The first-order valence-corrected chi connectivity index (χ1v) is 13.2. The van der Waals surface area contributed by atoms with E-state index in [2.05, 4.69) is 5.10 Å². The van der Waals surface area contributed by atoms with Gasteiger partial charge in [-0.3, -0.25) is 14.2 Å². The van der Waals surface area contributed by atoms with Crippen molar-refractivity contribution >= 4 is 22.6 Å². The number of aryl methyl sites for hydroxylation is 1. The molecule has 0 spiro atoms. The van der Waals surface area contributed by atoms with Crippen LogP contribution in [0, 0.1) is 18.6 Å². The lowest BCUT2D eigenvalue weighted by molar-refractivity contribution is 0.0990. The van der Waals surface area contributed by atoms with Gasteiger partial charge in [-0.15, -0.1) is 11.3 Å². The first-order chi connectivity index (χ1) is 19.4. The van der Waals surface area contributed by atoms with Gasteiger partial charge in [0.05, 0.1) is 11.8 Å². The van der Waals surface area contributed by atoms with Gasteiger partial charge in [-0.2, -0.15) is 5.10 Å². The number of hydrogen-bond acceptors (Lipinski definition) is 5. The molecule has 2 aromatic carbocycles. The van der Waals surface area contributed by atoms with E-state index in [1.165, 1.54) is 41.0 Å². The number of hydrogen-bond donors (Lipinski definition) is 0. The molecule has 0 aliphatic carbocycles. The van der Waals surface area contributed by atoms with Crippen LogP contribution in [0.1, 0.15) is 21.5 Å². The smallest absolute Gasteiger partial charge is 0.266 e. The van der Waals surface area contributed by atoms with Gasteiger partial charge >= 0.3 is 0 Å². The lowest BCUT2D eigenvalue weighted by Crippen LogP contribution is -2.27. The fourth-order valence-corrected chi connectivity index (χ4v) is 5.38. The summed E-state index contributed by atoms with van der Waals surface area (Å²) >= 11 is 1.58. The van der Waals surface area contributed by atoms with Crippen LogP contribution in [0.25, 0.3) is 21.6 Å². The van der Waals surface area contributed by atoms with Gasteiger partial charge in [0.1, 0.15) is 11.3 Å². The van der Waals surface area contributed by atoms with Crippen molar-refractivity contribution in [3.8, 4) is 27.6 Å². The number of halogens is 2. The molecule has 0 unspecified atom stereocenters. The lowest BCUT2D eigenvalue weighted by Gasteiger charge is -2.12. The summed E-state index contributed by atoms with van der Waals surface area (Å²) in [5, 5.41) is 6.30. The fraction of sp³-hybridized carbons (Fsp3) is 0.0645. The maximum absolute atomic E-state index is 15.2. The second-order valence-electron chi connectivity index (χ2n) is 9.19. The highest BCUT2D eigenvalue weighted by molar-refractivity contribution is 7.13. The van der Waals surface area contributed by atoms with Gasteiger partial charge in [-0.25, -0.2) is 13.3 Å². The van der Waals surface area contributed by atoms with Gasteiger partial charge in [0.2, 0.25) is 0 Å². The van der Waals surface area contributed by atoms with E-state index < -0.39 is 23.0 Å². The second-order valence-corrected chi connectivity index (χ2v) is 10.1. The highest BCUT2D eigenvalue weighted by Gasteiger charge is 2.19. The molecule has 198 valence electrons. The molecule has 0 aliphatic heterocycles. The Bertz CT molecular complexity index is 1930. The van der Waals surface area contributed by atoms with Gasteiger partial charge in [0.25, 0.3) is 5.56 Å². The van der Waals surface area contributed by atoms with Crippen molar-refractivity contribution in [2.24, 2.45) is 0 Å². The second kappa shape index (κ2) is 10.3. The zero-order valence-corrected chi connectivity index (χ0v) is 22.0. The third-order valence-electron chi connectivity index (χ3n) is 6.57. The highest BCUT2D eigenvalue weighted by Crippen LogP contribution is 2.36. The number of thiophene rings is 1. The molecule has 0 radical (unpaired) electrons. The van der Waals surface area contributed by atoms with Crippen LogP contribution in [-0.2, 0) is 6.42 Å². The fourth-order valence-electron chi connectivity index (χ4n) is 4.63. The zero-order chi connectivity index (χ0) is 27.8. The van der Waals surface area contributed by atoms with Crippen molar-refractivity contribution in [1.29, 1.82) is 0 Å². The number of fused-ring (bicyclic) bond motifs is 1. The molecular formula is C31H21F2N3O3S. The minimum Gasteiger partial charge on any atom is -0.452 e. The quantitative estimate of drug-likeness (QED) is 0.199. The Balaban J connectivity index is 1.27. The summed E-state index contributed by atoms with van der Waals surface area (Å²) in [6.07, 6.45) is 4.75. The van der Waals surface area contributed by atoms with Gasteiger partial charge < -0.3 is 4.74 Å². The standard InChI is InChI=1S/C31H21F2N3O3S/c1-19-11-14-35(22-7-5-21(32)6-8-22)31(38)29(19)25(37)18-20-4-9-26(24(33)17-20)39-27-10-13-34-36-15-12-23(30(27)36)28-3-2-16-40-28/h2-17H,18H2,1H3. The number of nitrogens with zero attached hydrogens (tertiary/aromatic N) is 3. The van der Waals surface area contributed by atoms with Crippen LogP contribution in [0.15, 0.2) is 102 Å². The Labute approximate surface area is 231 Å². The number of aromatic nitrogens is 3. The Kier molecular flexibility index (Phi) is 6.57. The van der Waals surface area contributed by atoms with E-state index in [4.69, 9.17) is 4.74 Å². The number of carbonyl (C=O) groups excluding carboxylic acids is 1. The highest BCUT2D eigenvalue weighted by atomic mass is 32.1. The van der Waals surface area contributed by atoms with Crippen LogP contribution in [0.5, 0.6) is 11.5 Å². The molecule has 6 rings (SSSR count). The minimum absolute atomic E-state index is 0.000997. The van der Waals surface area contributed by atoms with Gasteiger partial charge in [-0.05, 0) is 78.0 Å². The van der Waals surface area contributed by atoms with Crippen LogP contribution in [0.2, 0.25) is 0 Å². The molecule has 0 aliphatic rings. The largest absolute Gasteiger partial charge is 0.452 e. The summed E-state index contributed by atoms with van der Waals surface area (Å²) in [6.45, 7) is 1.67. The summed E-state index contributed by atoms with van der Waals surface area (Å²) in [6, 6.07) is 18.9. The third kappa shape index (κ3) is 4.71. The Morgan fingerprint density at radius 3 is 2.55 bits per heavy atom. The lowest BCUT2D eigenvalue weighted by atomic mass is 10.0. The van der Waals surface area contributed by atoms with E-state index in [-0.39, 0.29) is 17.7 Å². The van der Waals surface area contributed by atoms with Crippen molar-refractivity contribution in [2.45, 2.75) is 13.3 Å². The summed E-state index contributed by atoms with van der Waals surface area (Å²) in [5.74, 6) is -1.08. The van der Waals surface area contributed by atoms with E-state index in [0.717, 1.165) is 10.4 Å². The first-order valence-electron chi connectivity index (χ1n) is 12.4. The SMILES string of the molecule is Cc1ccn(-c2ccc(F)cc2)c(=O)c1C(=O)Cc1ccc(Oc2ccnn3ccc(-c4cccs4)c23)c(F)c1. The number of carbonyl (C=O) groups is 1. The number of rotatable bonds is 7. The van der Waals surface area contributed by atoms with Crippen LogP contribution in [0.4, 0.5) is 8.78 Å². The molecule has 6 nitrogen and oxygen atoms in total. The number of Topliss-reactive ketones (excluding diaryl/α,β-unsaturated/α-hetero) is 1. The van der Waals surface area contributed by atoms with Crippen LogP contribution in [-0.4, -0.2) is 20.0 Å². The maximum Gasteiger partial charge on any atom is 0.266 e. The van der Waals surface area contributed by atoms with Crippen molar-refractivity contribution in [2.75, 3.05) is 0 Å². The summed E-state index contributed by atoms with van der Waals surface area (Å²) in [5.41, 5.74) is 2.44. The van der Waals surface area contributed by atoms with E-state index in [1.54, 1.807) is 53.4 Å². The van der Waals surface area contributed by atoms with Gasteiger partial charge in [-0.1, -0.05) is 12.1 Å². The van der Waals surface area contributed by atoms with E-state index in [9.17, 15) is 14.0 Å². The number of ether oxygens (including phenoxy) is 1. The molecule has 0 saturated carbocycles. The molecule has 0 atom stereocenters. The molecule has 0 saturated heterocycles. The van der Waals surface area contributed by atoms with Gasteiger partial charge in [0.15, 0.2) is 23.1 Å². The summed E-state index contributed by atoms with van der Waals surface area (Å²) < 4.78 is 37.5. The molecule has 0 fully saturated rings. The van der Waals surface area contributed by atoms with E-state index >= 15 is 4.39 Å². The molecule has 4 heterocycles. The zero-order valence-electron chi connectivity index (χ0n) is 21.2. The molecule has 9 heteroatoms. The predicted molar refractivity (Wildman–Crippen MR) is 150 cm³/mol. The van der Waals surface area contributed by atoms with Crippen molar-refractivity contribution in [3.05, 3.63) is 135 Å². The number of pyridine rings is 1. The topological polar surface area (TPSA) is 65.6 Å². The molecule has 0 N–H and O–H groups in total. The van der Waals surface area contributed by atoms with Crippen molar-refractivity contribution in [1.82, 2.24) is 14.2 Å². The normalized spacial score (nSPS) is 11.2. The van der Waals surface area contributed by atoms with E-state index in [0.29, 0.717) is 28.1 Å². The summed E-state index contributed by atoms with van der Waals surface area (Å²) in [7, 11) is 0.